The summed E-state index contributed by atoms with van der Waals surface area (Å²) < 4.78 is 0. The monoisotopic (exact) mass is 478 g/mol. The molecule has 1 aromatic heterocycles. The van der Waals surface area contributed by atoms with Gasteiger partial charge in [0.25, 0.3) is 0 Å². The summed E-state index contributed by atoms with van der Waals surface area (Å²) in [5, 5.41) is 8.75. The third-order valence-electron chi connectivity index (χ3n) is 2.27. The van der Waals surface area contributed by atoms with Gasteiger partial charge in [0.05, 0.1) is 0 Å². The summed E-state index contributed by atoms with van der Waals surface area (Å²) >= 11 is 0. The van der Waals surface area contributed by atoms with E-state index in [-0.39, 0.29) is 28.3 Å². The van der Waals surface area contributed by atoms with E-state index < -0.39 is 5.96 Å². The number of benzene rings is 1. The second-order valence-electron chi connectivity index (χ2n) is 4.18. The summed E-state index contributed by atoms with van der Waals surface area (Å²) in [5.41, 5.74) is 13.5. The molecule has 0 bridgehead atoms. The number of guanidine groups is 2. The molecule has 7 heteroatoms. The number of aromatic nitrogens is 1. The molecule has 0 aliphatic heterocycles. The van der Waals surface area contributed by atoms with Gasteiger partial charge < -0.3 is 31.8 Å². The number of aliphatic imine (C=N–C) groups is 1. The quantitative estimate of drug-likeness (QED) is 0.295. The number of pyridine rings is 1. The molecular formula is C15H17AuN6. The Labute approximate surface area is 146 Å². The van der Waals surface area contributed by atoms with Crippen molar-refractivity contribution in [3.63, 3.8) is 0 Å². The zero-order valence-corrected chi connectivity index (χ0v) is 14.5. The summed E-state index contributed by atoms with van der Waals surface area (Å²) in [5.74, 6) is -0.663. The zero-order valence-electron chi connectivity index (χ0n) is 12.3. The van der Waals surface area contributed by atoms with Crippen LogP contribution in [0, 0.1) is 6.07 Å². The van der Waals surface area contributed by atoms with Crippen LogP contribution >= 0.6 is 0 Å². The molecule has 0 fully saturated rings. The third-order valence-corrected chi connectivity index (χ3v) is 2.27. The van der Waals surface area contributed by atoms with Gasteiger partial charge in [0.15, 0.2) is 0 Å². The summed E-state index contributed by atoms with van der Waals surface area (Å²) in [6.07, 6.45) is 1.79. The molecule has 0 unspecified atom stereocenters. The molecule has 0 saturated heterocycles. The normalized spacial score (nSPS) is 9.82. The molecule has 0 spiro atoms. The fourth-order valence-corrected chi connectivity index (χ4v) is 1.28. The van der Waals surface area contributed by atoms with Crippen LogP contribution < -0.4 is 5.73 Å². The zero-order chi connectivity index (χ0) is 15.7. The Hall–Kier alpha value is -2.15. The SMILES string of the molecule is CN(C)C(=[N-])/N=C(\[NH-])N.[Au+3].[c-]1ccccc1-c1ccccn1. The summed E-state index contributed by atoms with van der Waals surface area (Å²) in [6, 6.07) is 16.8. The van der Waals surface area contributed by atoms with Crippen LogP contribution in [0.5, 0.6) is 0 Å². The Morgan fingerprint density at radius 2 is 1.95 bits per heavy atom. The number of nitrogens with two attached hydrogens (primary N) is 1. The first kappa shape index (κ1) is 19.9. The van der Waals surface area contributed by atoms with E-state index in [1.54, 1.807) is 20.3 Å². The standard InChI is InChI=1S/C11H8N.C4H9N5.Au/c1-2-6-10(7-3-1)11-8-4-5-9-12-11;1-9(2)4(7)8-3(5)6;/h1-6,8-9H;1-2H3,(H3-2,5,6,7,8);/q-1;-2;+3. The predicted molar refractivity (Wildman–Crippen MR) is 86.5 cm³/mol. The minimum Gasteiger partial charge on any atom is -0.454 e. The molecule has 3 N–H and O–H groups in total. The first-order chi connectivity index (χ1) is 10.0. The Bertz CT molecular complexity index is 542. The smallest absolute Gasteiger partial charge is 0.454 e. The molecule has 2 rings (SSSR count). The second-order valence-corrected chi connectivity index (χ2v) is 4.18. The van der Waals surface area contributed by atoms with Crippen LogP contribution in [-0.4, -0.2) is 35.9 Å². The maximum atomic E-state index is 8.75. The van der Waals surface area contributed by atoms with Gasteiger partial charge in [0.1, 0.15) is 0 Å². The topological polar surface area (TPSA) is 101 Å². The minimum atomic E-state index is -0.402. The molecule has 118 valence electrons. The fraction of sp³-hybridized carbons (Fsp3) is 0.133. The van der Waals surface area contributed by atoms with Crippen LogP contribution in [0.4, 0.5) is 0 Å². The molecule has 1 aromatic carbocycles. The van der Waals surface area contributed by atoms with Gasteiger partial charge in [0.2, 0.25) is 0 Å². The molecule has 6 nitrogen and oxygen atoms in total. The summed E-state index contributed by atoms with van der Waals surface area (Å²) in [7, 11) is 3.20. The van der Waals surface area contributed by atoms with Crippen molar-refractivity contribution in [1.82, 2.24) is 9.88 Å². The Balaban J connectivity index is 0.000000402. The predicted octanol–water partition coefficient (Wildman–Crippen LogP) is 2.39. The molecule has 1 heterocycles. The Kier molecular flexibility index (Phi) is 9.53. The average molecular weight is 478 g/mol. The second kappa shape index (κ2) is 10.6. The molecular weight excluding hydrogens is 461 g/mol. The van der Waals surface area contributed by atoms with Gasteiger partial charge in [0, 0.05) is 18.1 Å². The van der Waals surface area contributed by atoms with Crippen LogP contribution in [0.1, 0.15) is 0 Å². The van der Waals surface area contributed by atoms with Crippen LogP contribution in [0.15, 0.2) is 53.7 Å². The molecule has 0 atom stereocenters. The van der Waals surface area contributed by atoms with E-state index >= 15 is 0 Å². The van der Waals surface area contributed by atoms with Crippen molar-refractivity contribution in [1.29, 1.82) is 0 Å². The average Bonchev–Trinajstić information content (AvgIpc) is 2.49. The largest absolute Gasteiger partial charge is 3.00 e. The number of nitrogens with zero attached hydrogens (tertiary/aromatic N) is 4. The van der Waals surface area contributed by atoms with Crippen molar-refractivity contribution in [2.75, 3.05) is 14.1 Å². The van der Waals surface area contributed by atoms with Gasteiger partial charge in [-0.1, -0.05) is 12.1 Å². The van der Waals surface area contributed by atoms with Crippen molar-refractivity contribution in [2.45, 2.75) is 0 Å². The first-order valence-corrected chi connectivity index (χ1v) is 6.18. The first-order valence-electron chi connectivity index (χ1n) is 6.18. The molecule has 0 aliphatic rings. The summed E-state index contributed by atoms with van der Waals surface area (Å²) in [6.45, 7) is 0. The van der Waals surface area contributed by atoms with Gasteiger partial charge in [-0.25, -0.2) is 0 Å². The van der Waals surface area contributed by atoms with Gasteiger partial charge >= 0.3 is 22.4 Å². The van der Waals surface area contributed by atoms with Gasteiger partial charge in [-0.05, 0) is 25.9 Å². The molecule has 22 heavy (non-hydrogen) atoms. The van der Waals surface area contributed by atoms with Crippen molar-refractivity contribution >= 4 is 11.9 Å². The van der Waals surface area contributed by atoms with Crippen LogP contribution in [0.3, 0.4) is 0 Å². The molecule has 2 aromatic rings. The van der Waals surface area contributed by atoms with Crippen molar-refractivity contribution in [3.8, 4) is 11.3 Å². The molecule has 0 radical (unpaired) electrons. The number of nitrogens with one attached hydrogen (secondary N) is 1. The maximum absolute atomic E-state index is 8.75. The fourth-order valence-electron chi connectivity index (χ4n) is 1.28. The summed E-state index contributed by atoms with van der Waals surface area (Å²) in [4.78, 5) is 8.80. The number of rotatable bonds is 1. The van der Waals surface area contributed by atoms with Crippen molar-refractivity contribution < 1.29 is 22.4 Å². The van der Waals surface area contributed by atoms with Crippen LogP contribution in [0.25, 0.3) is 22.4 Å². The minimum absolute atomic E-state index is 0. The van der Waals surface area contributed by atoms with Crippen molar-refractivity contribution in [2.24, 2.45) is 10.7 Å². The van der Waals surface area contributed by atoms with Crippen LogP contribution in [-0.2, 0) is 22.4 Å². The Morgan fingerprint density at radius 1 is 1.27 bits per heavy atom. The molecule has 0 saturated carbocycles. The van der Waals surface area contributed by atoms with E-state index in [9.17, 15) is 0 Å². The van der Waals surface area contributed by atoms with Crippen LogP contribution in [0.2, 0.25) is 0 Å². The van der Waals surface area contributed by atoms with E-state index in [1.165, 1.54) is 4.90 Å². The third kappa shape index (κ3) is 7.58. The van der Waals surface area contributed by atoms with E-state index in [1.807, 2.05) is 42.5 Å². The van der Waals surface area contributed by atoms with Gasteiger partial charge in [-0.3, -0.25) is 0 Å². The van der Waals surface area contributed by atoms with Gasteiger partial charge in [-0.2, -0.15) is 0 Å². The van der Waals surface area contributed by atoms with E-state index in [4.69, 9.17) is 16.9 Å². The maximum Gasteiger partial charge on any atom is 3.00 e. The molecule has 0 aliphatic carbocycles. The van der Waals surface area contributed by atoms with E-state index in [2.05, 4.69) is 16.0 Å². The van der Waals surface area contributed by atoms with E-state index in [0.717, 1.165) is 11.3 Å². The van der Waals surface area contributed by atoms with Crippen molar-refractivity contribution in [3.05, 3.63) is 65.9 Å². The number of hydrogen-bond acceptors (Lipinski definition) is 1. The van der Waals surface area contributed by atoms with E-state index in [0.29, 0.717) is 0 Å². The van der Waals surface area contributed by atoms with Gasteiger partial charge in [-0.15, -0.1) is 35.9 Å². The molecule has 0 amide bonds. The Morgan fingerprint density at radius 3 is 2.36 bits per heavy atom. The number of hydrogen-bond donors (Lipinski definition) is 1.